The van der Waals surface area contributed by atoms with Crippen LogP contribution in [0.15, 0.2) is 30.3 Å². The molecule has 0 saturated carbocycles. The van der Waals surface area contributed by atoms with Gasteiger partial charge in [-0.1, -0.05) is 30.3 Å². The standard InChI is InChI=1S/C13H16N2O4S/c1-20(18,19)8-7-15-9-11(16)14-12(13(15)17)10-5-3-2-4-6-10/h2-6,12H,7-9H2,1H3,(H,14,16). The molecule has 1 aliphatic heterocycles. The summed E-state index contributed by atoms with van der Waals surface area (Å²) in [5, 5.41) is 2.63. The highest BCUT2D eigenvalue weighted by Crippen LogP contribution is 2.18. The summed E-state index contributed by atoms with van der Waals surface area (Å²) >= 11 is 0. The van der Waals surface area contributed by atoms with Crippen LogP contribution in [0.2, 0.25) is 0 Å². The second-order valence-corrected chi connectivity index (χ2v) is 7.06. The molecule has 1 heterocycles. The van der Waals surface area contributed by atoms with Crippen LogP contribution >= 0.6 is 0 Å². The lowest BCUT2D eigenvalue weighted by atomic mass is 10.0. The molecule has 0 aromatic heterocycles. The van der Waals surface area contributed by atoms with Crippen molar-refractivity contribution in [3.8, 4) is 0 Å². The molecule has 1 atom stereocenters. The van der Waals surface area contributed by atoms with Gasteiger partial charge in [0.1, 0.15) is 15.9 Å². The van der Waals surface area contributed by atoms with Crippen molar-refractivity contribution in [1.82, 2.24) is 10.2 Å². The topological polar surface area (TPSA) is 83.6 Å². The molecule has 1 saturated heterocycles. The average Bonchev–Trinajstić information content (AvgIpc) is 2.39. The smallest absolute Gasteiger partial charge is 0.250 e. The van der Waals surface area contributed by atoms with E-state index in [2.05, 4.69) is 5.32 Å². The van der Waals surface area contributed by atoms with Crippen molar-refractivity contribution in [2.45, 2.75) is 6.04 Å². The number of hydrogen-bond acceptors (Lipinski definition) is 4. The Hall–Kier alpha value is -1.89. The predicted molar refractivity (Wildman–Crippen MR) is 73.6 cm³/mol. The highest BCUT2D eigenvalue weighted by molar-refractivity contribution is 7.90. The summed E-state index contributed by atoms with van der Waals surface area (Å²) in [6.07, 6.45) is 1.11. The number of carbonyl (C=O) groups is 2. The van der Waals surface area contributed by atoms with E-state index in [-0.39, 0.29) is 30.7 Å². The van der Waals surface area contributed by atoms with Crippen molar-refractivity contribution in [2.75, 3.05) is 25.1 Å². The third-order valence-electron chi connectivity index (χ3n) is 3.06. The summed E-state index contributed by atoms with van der Waals surface area (Å²) in [4.78, 5) is 25.3. The monoisotopic (exact) mass is 296 g/mol. The first-order valence-corrected chi connectivity index (χ1v) is 8.24. The van der Waals surface area contributed by atoms with Crippen LogP contribution in [0.25, 0.3) is 0 Å². The number of piperazine rings is 1. The normalized spacial score (nSPS) is 19.9. The molecule has 0 spiro atoms. The number of hydrogen-bond donors (Lipinski definition) is 1. The third kappa shape index (κ3) is 3.57. The lowest BCUT2D eigenvalue weighted by Gasteiger charge is -2.32. The zero-order valence-electron chi connectivity index (χ0n) is 11.1. The van der Waals surface area contributed by atoms with Gasteiger partial charge in [0.2, 0.25) is 11.8 Å². The molecule has 2 rings (SSSR count). The second kappa shape index (κ2) is 5.62. The Bertz CT molecular complexity index is 613. The number of sulfone groups is 1. The first-order chi connectivity index (χ1) is 9.37. The summed E-state index contributed by atoms with van der Waals surface area (Å²) in [7, 11) is -3.17. The number of carbonyl (C=O) groups excluding carboxylic acids is 2. The molecule has 0 bridgehead atoms. The maximum Gasteiger partial charge on any atom is 0.250 e. The molecule has 1 fully saturated rings. The van der Waals surface area contributed by atoms with E-state index in [1.807, 2.05) is 6.07 Å². The van der Waals surface area contributed by atoms with Gasteiger partial charge in [-0.15, -0.1) is 0 Å². The van der Waals surface area contributed by atoms with E-state index in [0.717, 1.165) is 6.26 Å². The van der Waals surface area contributed by atoms with Crippen molar-refractivity contribution in [3.63, 3.8) is 0 Å². The molecule has 0 radical (unpaired) electrons. The van der Waals surface area contributed by atoms with Crippen molar-refractivity contribution in [1.29, 1.82) is 0 Å². The third-order valence-corrected chi connectivity index (χ3v) is 3.99. The minimum atomic E-state index is -3.17. The van der Waals surface area contributed by atoms with E-state index in [1.165, 1.54) is 4.90 Å². The summed E-state index contributed by atoms with van der Waals surface area (Å²) < 4.78 is 22.4. The number of benzene rings is 1. The molecule has 1 N–H and O–H groups in total. The lowest BCUT2D eigenvalue weighted by Crippen LogP contribution is -2.54. The minimum absolute atomic E-state index is 0.0361. The van der Waals surface area contributed by atoms with Crippen LogP contribution in [0.3, 0.4) is 0 Å². The van der Waals surface area contributed by atoms with E-state index in [4.69, 9.17) is 0 Å². The Kier molecular flexibility index (Phi) is 4.08. The van der Waals surface area contributed by atoms with Crippen molar-refractivity contribution >= 4 is 21.7 Å². The van der Waals surface area contributed by atoms with Crippen LogP contribution in [-0.2, 0) is 19.4 Å². The van der Waals surface area contributed by atoms with Gasteiger partial charge in [0.15, 0.2) is 0 Å². The van der Waals surface area contributed by atoms with Gasteiger partial charge in [-0.2, -0.15) is 0 Å². The molecule has 2 amide bonds. The van der Waals surface area contributed by atoms with Crippen LogP contribution in [0.4, 0.5) is 0 Å². The molecule has 7 heteroatoms. The molecular formula is C13H16N2O4S. The van der Waals surface area contributed by atoms with Gasteiger partial charge in [-0.25, -0.2) is 8.42 Å². The van der Waals surface area contributed by atoms with Crippen molar-refractivity contribution in [2.24, 2.45) is 0 Å². The maximum atomic E-state index is 12.3. The number of nitrogens with zero attached hydrogens (tertiary/aromatic N) is 1. The molecule has 1 aliphatic rings. The Morgan fingerprint density at radius 1 is 1.25 bits per heavy atom. The highest BCUT2D eigenvalue weighted by atomic mass is 32.2. The van der Waals surface area contributed by atoms with E-state index >= 15 is 0 Å². The maximum absolute atomic E-state index is 12.3. The van der Waals surface area contributed by atoms with E-state index in [1.54, 1.807) is 24.3 Å². The number of amides is 2. The van der Waals surface area contributed by atoms with E-state index < -0.39 is 15.9 Å². The van der Waals surface area contributed by atoms with Crippen LogP contribution in [0.1, 0.15) is 11.6 Å². The van der Waals surface area contributed by atoms with Gasteiger partial charge in [-0.05, 0) is 5.56 Å². The minimum Gasteiger partial charge on any atom is -0.339 e. The number of rotatable bonds is 4. The zero-order valence-corrected chi connectivity index (χ0v) is 11.9. The molecule has 6 nitrogen and oxygen atoms in total. The SMILES string of the molecule is CS(=O)(=O)CCN1CC(=O)NC(c2ccccc2)C1=O. The summed E-state index contributed by atoms with van der Waals surface area (Å²) in [5.74, 6) is -0.709. The Morgan fingerprint density at radius 2 is 1.90 bits per heavy atom. The van der Waals surface area contributed by atoms with E-state index in [9.17, 15) is 18.0 Å². The molecule has 1 unspecified atom stereocenters. The van der Waals surface area contributed by atoms with Crippen molar-refractivity contribution < 1.29 is 18.0 Å². The van der Waals surface area contributed by atoms with Crippen LogP contribution in [-0.4, -0.2) is 50.2 Å². The Balaban J connectivity index is 2.16. The van der Waals surface area contributed by atoms with Gasteiger partial charge in [-0.3, -0.25) is 9.59 Å². The molecule has 20 heavy (non-hydrogen) atoms. The highest BCUT2D eigenvalue weighted by Gasteiger charge is 2.33. The van der Waals surface area contributed by atoms with Crippen LogP contribution in [0.5, 0.6) is 0 Å². The van der Waals surface area contributed by atoms with Crippen molar-refractivity contribution in [3.05, 3.63) is 35.9 Å². The second-order valence-electron chi connectivity index (χ2n) is 4.80. The molecule has 1 aromatic rings. The van der Waals surface area contributed by atoms with Crippen LogP contribution in [0, 0.1) is 0 Å². The Labute approximate surface area is 117 Å². The first-order valence-electron chi connectivity index (χ1n) is 6.17. The predicted octanol–water partition coefficient (Wildman–Crippen LogP) is -0.269. The van der Waals surface area contributed by atoms with E-state index in [0.29, 0.717) is 5.56 Å². The van der Waals surface area contributed by atoms with Gasteiger partial charge < -0.3 is 10.2 Å². The fourth-order valence-corrected chi connectivity index (χ4v) is 2.59. The van der Waals surface area contributed by atoms with Gasteiger partial charge in [0, 0.05) is 12.8 Å². The Morgan fingerprint density at radius 3 is 2.50 bits per heavy atom. The summed E-state index contributed by atoms with van der Waals surface area (Å²) in [6, 6.07) is 8.15. The lowest BCUT2D eigenvalue weighted by molar-refractivity contribution is -0.144. The van der Waals surface area contributed by atoms with Crippen LogP contribution < -0.4 is 5.32 Å². The summed E-state index contributed by atoms with van der Waals surface area (Å²) in [6.45, 7) is -0.0634. The zero-order chi connectivity index (χ0) is 14.8. The largest absolute Gasteiger partial charge is 0.339 e. The summed E-state index contributed by atoms with van der Waals surface area (Å²) in [5.41, 5.74) is 0.690. The quantitative estimate of drug-likeness (QED) is 0.829. The molecule has 0 aliphatic carbocycles. The van der Waals surface area contributed by atoms with Gasteiger partial charge >= 0.3 is 0 Å². The van der Waals surface area contributed by atoms with Gasteiger partial charge in [0.25, 0.3) is 0 Å². The number of nitrogens with one attached hydrogen (secondary N) is 1. The molecular weight excluding hydrogens is 280 g/mol. The fraction of sp³-hybridized carbons (Fsp3) is 0.385. The first kappa shape index (κ1) is 14.5. The molecule has 108 valence electrons. The average molecular weight is 296 g/mol. The fourth-order valence-electron chi connectivity index (χ4n) is 2.04. The van der Waals surface area contributed by atoms with Gasteiger partial charge in [0.05, 0.1) is 12.3 Å². The molecule has 1 aromatic carbocycles.